The van der Waals surface area contributed by atoms with Gasteiger partial charge in [0.25, 0.3) is 5.91 Å². The lowest BCUT2D eigenvalue weighted by atomic mass is 9.96. The summed E-state index contributed by atoms with van der Waals surface area (Å²) in [5, 5.41) is 0. The van der Waals surface area contributed by atoms with Crippen LogP contribution in [-0.2, 0) is 19.4 Å². The first-order chi connectivity index (χ1) is 15.6. The quantitative estimate of drug-likeness (QED) is 0.350. The van der Waals surface area contributed by atoms with E-state index in [4.69, 9.17) is 5.73 Å². The minimum Gasteiger partial charge on any atom is -0.366 e. The number of nitrogens with two attached hydrogens (primary N) is 1. The van der Waals surface area contributed by atoms with Gasteiger partial charge in [-0.25, -0.2) is 0 Å². The van der Waals surface area contributed by atoms with E-state index in [-0.39, 0.29) is 5.91 Å². The van der Waals surface area contributed by atoms with Crippen LogP contribution >= 0.6 is 0 Å². The molecule has 0 unspecified atom stereocenters. The number of carbonyl (C=O) groups is 1. The third-order valence-corrected chi connectivity index (χ3v) is 6.11. The highest BCUT2D eigenvalue weighted by molar-refractivity contribution is 6.02. The van der Waals surface area contributed by atoms with Gasteiger partial charge >= 0.3 is 0 Å². The molecule has 0 bridgehead atoms. The van der Waals surface area contributed by atoms with Gasteiger partial charge in [-0.15, -0.1) is 0 Å². The summed E-state index contributed by atoms with van der Waals surface area (Å²) in [5.41, 5.74) is 14.4. The SMILES string of the molecule is CCCc1c(-c2ccc(-c3ccccc3)cc2)c(C(N)=O)c(C)n1CCc1ccccc1. The number of aromatic nitrogens is 1. The maximum absolute atomic E-state index is 12.6. The van der Waals surface area contributed by atoms with E-state index in [2.05, 4.69) is 72.2 Å². The molecule has 3 heteroatoms. The summed E-state index contributed by atoms with van der Waals surface area (Å²) in [6.45, 7) is 5.02. The standard InChI is InChI=1S/C29H30N2O/c1-3-10-26-28(25-17-15-24(16-18-25)23-13-8-5-9-14-23)27(29(30)32)21(2)31(26)20-19-22-11-6-4-7-12-22/h4-9,11-18H,3,10,19-20H2,1-2H3,(H2,30,32). The Labute approximate surface area is 190 Å². The lowest BCUT2D eigenvalue weighted by Crippen LogP contribution is -2.14. The molecule has 0 aliphatic carbocycles. The zero-order valence-corrected chi connectivity index (χ0v) is 18.8. The Morgan fingerprint density at radius 2 is 1.34 bits per heavy atom. The molecular weight excluding hydrogens is 392 g/mol. The molecule has 2 N–H and O–H groups in total. The molecule has 0 saturated heterocycles. The van der Waals surface area contributed by atoms with Crippen molar-refractivity contribution >= 4 is 5.91 Å². The van der Waals surface area contributed by atoms with Crippen molar-refractivity contribution in [1.82, 2.24) is 4.57 Å². The molecule has 1 aromatic heterocycles. The van der Waals surface area contributed by atoms with Crippen LogP contribution in [0.1, 0.15) is 40.7 Å². The van der Waals surface area contributed by atoms with Gasteiger partial charge in [0, 0.05) is 23.5 Å². The van der Waals surface area contributed by atoms with Crippen molar-refractivity contribution < 1.29 is 4.79 Å². The lowest BCUT2D eigenvalue weighted by molar-refractivity contribution is 0.1000. The number of primary amides is 1. The number of benzene rings is 3. The minimum atomic E-state index is -0.361. The lowest BCUT2D eigenvalue weighted by Gasteiger charge is -2.13. The van der Waals surface area contributed by atoms with Crippen LogP contribution in [0.2, 0.25) is 0 Å². The first kappa shape index (κ1) is 21.6. The van der Waals surface area contributed by atoms with E-state index in [1.54, 1.807) is 0 Å². The second-order valence-corrected chi connectivity index (χ2v) is 8.23. The topological polar surface area (TPSA) is 48.0 Å². The number of hydrogen-bond donors (Lipinski definition) is 1. The Balaban J connectivity index is 1.77. The van der Waals surface area contributed by atoms with Crippen LogP contribution < -0.4 is 5.73 Å². The van der Waals surface area contributed by atoms with Crippen molar-refractivity contribution in [1.29, 1.82) is 0 Å². The second kappa shape index (κ2) is 9.69. The molecule has 3 nitrogen and oxygen atoms in total. The predicted molar refractivity (Wildman–Crippen MR) is 133 cm³/mol. The molecule has 1 heterocycles. The highest BCUT2D eigenvalue weighted by Gasteiger charge is 2.24. The maximum atomic E-state index is 12.6. The van der Waals surface area contributed by atoms with Gasteiger partial charge in [0.15, 0.2) is 0 Å². The normalized spacial score (nSPS) is 10.9. The van der Waals surface area contributed by atoms with Gasteiger partial charge < -0.3 is 10.3 Å². The summed E-state index contributed by atoms with van der Waals surface area (Å²) in [7, 11) is 0. The molecule has 162 valence electrons. The maximum Gasteiger partial charge on any atom is 0.251 e. The van der Waals surface area contributed by atoms with Crippen LogP contribution in [0.25, 0.3) is 22.3 Å². The smallest absolute Gasteiger partial charge is 0.251 e. The Hall–Kier alpha value is -3.59. The Kier molecular flexibility index (Phi) is 6.55. The summed E-state index contributed by atoms with van der Waals surface area (Å²) in [5.74, 6) is -0.361. The number of amides is 1. The van der Waals surface area contributed by atoms with Crippen LogP contribution in [-0.4, -0.2) is 10.5 Å². The van der Waals surface area contributed by atoms with Gasteiger partial charge in [-0.3, -0.25) is 4.79 Å². The molecule has 4 rings (SSSR count). The van der Waals surface area contributed by atoms with Crippen molar-refractivity contribution in [3.63, 3.8) is 0 Å². The van der Waals surface area contributed by atoms with Gasteiger partial charge in [-0.05, 0) is 42.0 Å². The summed E-state index contributed by atoms with van der Waals surface area (Å²) >= 11 is 0. The predicted octanol–water partition coefficient (Wildman–Crippen LogP) is 6.42. The van der Waals surface area contributed by atoms with Crippen molar-refractivity contribution in [2.75, 3.05) is 0 Å². The van der Waals surface area contributed by atoms with E-state index >= 15 is 0 Å². The minimum absolute atomic E-state index is 0.361. The van der Waals surface area contributed by atoms with Gasteiger partial charge in [-0.1, -0.05) is 98.3 Å². The van der Waals surface area contributed by atoms with Crippen LogP contribution in [0.4, 0.5) is 0 Å². The Bertz CT molecular complexity index is 1190. The summed E-state index contributed by atoms with van der Waals surface area (Å²) in [4.78, 5) is 12.6. The number of carbonyl (C=O) groups excluding carboxylic acids is 1. The summed E-state index contributed by atoms with van der Waals surface area (Å²) in [6, 6.07) is 29.3. The number of hydrogen-bond acceptors (Lipinski definition) is 1. The van der Waals surface area contributed by atoms with Crippen LogP contribution in [0.3, 0.4) is 0 Å². The monoisotopic (exact) mass is 422 g/mol. The van der Waals surface area contributed by atoms with E-state index in [0.29, 0.717) is 5.56 Å². The molecule has 3 aromatic carbocycles. The summed E-state index contributed by atoms with van der Waals surface area (Å²) in [6.07, 6.45) is 2.82. The zero-order chi connectivity index (χ0) is 22.5. The molecule has 0 spiro atoms. The third kappa shape index (κ3) is 4.38. The second-order valence-electron chi connectivity index (χ2n) is 8.23. The third-order valence-electron chi connectivity index (χ3n) is 6.11. The fourth-order valence-electron chi connectivity index (χ4n) is 4.55. The molecule has 4 aromatic rings. The van der Waals surface area contributed by atoms with Crippen LogP contribution in [0.15, 0.2) is 84.9 Å². The van der Waals surface area contributed by atoms with E-state index in [0.717, 1.165) is 48.2 Å². The largest absolute Gasteiger partial charge is 0.366 e. The summed E-state index contributed by atoms with van der Waals surface area (Å²) < 4.78 is 2.30. The van der Waals surface area contributed by atoms with E-state index in [1.807, 2.05) is 31.2 Å². The number of nitrogens with zero attached hydrogens (tertiary/aromatic N) is 1. The van der Waals surface area contributed by atoms with Gasteiger partial charge in [0.05, 0.1) is 5.56 Å². The van der Waals surface area contributed by atoms with Crippen molar-refractivity contribution in [2.24, 2.45) is 5.73 Å². The number of rotatable bonds is 8. The molecule has 0 saturated carbocycles. The van der Waals surface area contributed by atoms with Gasteiger partial charge in [0.1, 0.15) is 0 Å². The van der Waals surface area contributed by atoms with Crippen molar-refractivity contribution in [2.45, 2.75) is 39.7 Å². The molecular formula is C29H30N2O. The van der Waals surface area contributed by atoms with Gasteiger partial charge in [-0.2, -0.15) is 0 Å². The first-order valence-electron chi connectivity index (χ1n) is 11.3. The Morgan fingerprint density at radius 3 is 1.94 bits per heavy atom. The molecule has 32 heavy (non-hydrogen) atoms. The molecule has 0 aliphatic rings. The molecule has 0 aliphatic heterocycles. The average molecular weight is 423 g/mol. The van der Waals surface area contributed by atoms with Crippen LogP contribution in [0, 0.1) is 6.92 Å². The molecule has 0 atom stereocenters. The molecule has 0 radical (unpaired) electrons. The van der Waals surface area contributed by atoms with Crippen LogP contribution in [0.5, 0.6) is 0 Å². The van der Waals surface area contributed by atoms with E-state index < -0.39 is 0 Å². The molecule has 1 amide bonds. The van der Waals surface area contributed by atoms with Gasteiger partial charge in [0.2, 0.25) is 0 Å². The fourth-order valence-corrected chi connectivity index (χ4v) is 4.55. The van der Waals surface area contributed by atoms with Crippen molar-refractivity contribution in [3.8, 4) is 22.3 Å². The number of aryl methyl sites for hydroxylation is 1. The highest BCUT2D eigenvalue weighted by Crippen LogP contribution is 2.35. The van der Waals surface area contributed by atoms with E-state index in [1.165, 1.54) is 16.8 Å². The van der Waals surface area contributed by atoms with Crippen molar-refractivity contribution in [3.05, 3.63) is 107 Å². The highest BCUT2D eigenvalue weighted by atomic mass is 16.1. The van der Waals surface area contributed by atoms with E-state index in [9.17, 15) is 4.79 Å². The zero-order valence-electron chi connectivity index (χ0n) is 18.8. The first-order valence-corrected chi connectivity index (χ1v) is 11.3. The average Bonchev–Trinajstić information content (AvgIpc) is 3.10. The molecule has 0 fully saturated rings. The fraction of sp³-hybridized carbons (Fsp3) is 0.207. The Morgan fingerprint density at radius 1 is 0.781 bits per heavy atom.